The van der Waals surface area contributed by atoms with E-state index in [0.29, 0.717) is 0 Å². The first-order valence-electron chi connectivity index (χ1n) is 7.85. The van der Waals surface area contributed by atoms with Gasteiger partial charge in [-0.25, -0.2) is 0 Å². The highest BCUT2D eigenvalue weighted by atomic mass is 79.9. The Kier molecular flexibility index (Phi) is 10.2. The second kappa shape index (κ2) is 11.1. The maximum atomic E-state index is 6.20. The van der Waals surface area contributed by atoms with Gasteiger partial charge in [0.15, 0.2) is 0 Å². The number of thiophene rings is 1. The monoisotopic (exact) mass is 379 g/mol. The Balaban J connectivity index is 2.01. The second-order valence-corrected chi connectivity index (χ2v) is 8.30. The normalized spacial score (nSPS) is 12.8. The number of halogens is 2. The van der Waals surface area contributed by atoms with E-state index in [1.165, 1.54) is 62.7 Å². The Morgan fingerprint density at radius 2 is 1.65 bits per heavy atom. The van der Waals surface area contributed by atoms with Crippen LogP contribution in [0.1, 0.15) is 82.1 Å². The average Bonchev–Trinajstić information content (AvgIpc) is 2.77. The number of nitrogens with two attached hydrogens (primary N) is 1. The van der Waals surface area contributed by atoms with E-state index >= 15 is 0 Å². The summed E-state index contributed by atoms with van der Waals surface area (Å²) in [4.78, 5) is 1.20. The summed E-state index contributed by atoms with van der Waals surface area (Å²) >= 11 is 11.1. The molecule has 0 aliphatic rings. The molecular weight excluding hydrogens is 354 g/mol. The van der Waals surface area contributed by atoms with Crippen LogP contribution in [0.2, 0.25) is 5.02 Å². The number of hydrogen-bond acceptors (Lipinski definition) is 2. The molecule has 0 aliphatic carbocycles. The molecule has 2 N–H and O–H groups in total. The molecule has 0 saturated heterocycles. The smallest absolute Gasteiger partial charge is 0.0887 e. The van der Waals surface area contributed by atoms with Crippen molar-refractivity contribution in [2.75, 3.05) is 0 Å². The molecule has 0 amide bonds. The third kappa shape index (κ3) is 7.44. The lowest BCUT2D eigenvalue weighted by molar-refractivity contribution is 0.535. The average molecular weight is 381 g/mol. The van der Waals surface area contributed by atoms with Gasteiger partial charge in [-0.1, -0.05) is 76.3 Å². The molecule has 1 unspecified atom stereocenters. The third-order valence-electron chi connectivity index (χ3n) is 3.65. The van der Waals surface area contributed by atoms with E-state index in [2.05, 4.69) is 22.9 Å². The standard InChI is InChI=1S/C16H27BrClNS/c1-2-3-4-5-6-7-8-9-10-11-14(19)15-12-13(18)16(17)20-15/h12,14H,2-11,19H2,1H3. The molecule has 1 rings (SSSR count). The fourth-order valence-electron chi connectivity index (χ4n) is 2.36. The molecule has 1 aromatic rings. The molecular formula is C16H27BrClNS. The molecule has 1 atom stereocenters. The first-order valence-corrected chi connectivity index (χ1v) is 9.84. The molecule has 4 heteroatoms. The topological polar surface area (TPSA) is 26.0 Å². The van der Waals surface area contributed by atoms with Crippen molar-refractivity contribution in [3.63, 3.8) is 0 Å². The SMILES string of the molecule is CCCCCCCCCCCC(N)c1cc(Cl)c(Br)s1. The van der Waals surface area contributed by atoms with E-state index in [-0.39, 0.29) is 6.04 Å². The minimum Gasteiger partial charge on any atom is -0.323 e. The van der Waals surface area contributed by atoms with Crippen LogP contribution in [0.5, 0.6) is 0 Å². The van der Waals surface area contributed by atoms with Crippen molar-refractivity contribution in [1.82, 2.24) is 0 Å². The first-order chi connectivity index (χ1) is 9.65. The van der Waals surface area contributed by atoms with Gasteiger partial charge in [0.05, 0.1) is 8.81 Å². The summed E-state index contributed by atoms with van der Waals surface area (Å²) in [6.07, 6.45) is 13.3. The van der Waals surface area contributed by atoms with Crippen LogP contribution in [0, 0.1) is 0 Å². The summed E-state index contributed by atoms with van der Waals surface area (Å²) in [6.45, 7) is 2.27. The molecule has 0 aliphatic heterocycles. The Labute approximate surface area is 141 Å². The summed E-state index contributed by atoms with van der Waals surface area (Å²) in [5.74, 6) is 0. The van der Waals surface area contributed by atoms with E-state index in [4.69, 9.17) is 17.3 Å². The fourth-order valence-corrected chi connectivity index (χ4v) is 4.15. The van der Waals surface area contributed by atoms with Gasteiger partial charge in [-0.15, -0.1) is 11.3 Å². The van der Waals surface area contributed by atoms with Gasteiger partial charge < -0.3 is 5.73 Å². The second-order valence-electron chi connectivity index (χ2n) is 5.49. The minimum atomic E-state index is 0.147. The van der Waals surface area contributed by atoms with Gasteiger partial charge in [0.25, 0.3) is 0 Å². The van der Waals surface area contributed by atoms with Crippen LogP contribution in [-0.4, -0.2) is 0 Å². The molecule has 0 aromatic carbocycles. The molecule has 0 radical (unpaired) electrons. The highest BCUT2D eigenvalue weighted by molar-refractivity contribution is 9.11. The highest BCUT2D eigenvalue weighted by Crippen LogP contribution is 2.35. The van der Waals surface area contributed by atoms with Crippen molar-refractivity contribution in [1.29, 1.82) is 0 Å². The van der Waals surface area contributed by atoms with Crippen LogP contribution in [0.15, 0.2) is 9.85 Å². The molecule has 0 spiro atoms. The van der Waals surface area contributed by atoms with Gasteiger partial charge in [0.1, 0.15) is 0 Å². The summed E-state index contributed by atoms with van der Waals surface area (Å²) in [5, 5.41) is 0.785. The molecule has 0 bridgehead atoms. The first kappa shape index (κ1) is 18.5. The van der Waals surface area contributed by atoms with Crippen molar-refractivity contribution in [2.24, 2.45) is 5.73 Å². The van der Waals surface area contributed by atoms with E-state index in [9.17, 15) is 0 Å². The van der Waals surface area contributed by atoms with Crippen molar-refractivity contribution in [3.8, 4) is 0 Å². The lowest BCUT2D eigenvalue weighted by Crippen LogP contribution is -2.08. The van der Waals surface area contributed by atoms with Gasteiger partial charge in [-0.05, 0) is 28.4 Å². The van der Waals surface area contributed by atoms with Gasteiger partial charge in [-0.3, -0.25) is 0 Å². The van der Waals surface area contributed by atoms with Crippen LogP contribution < -0.4 is 5.73 Å². The lowest BCUT2D eigenvalue weighted by atomic mass is 10.0. The maximum Gasteiger partial charge on any atom is 0.0887 e. The number of unbranched alkanes of at least 4 members (excludes halogenated alkanes) is 8. The third-order valence-corrected chi connectivity index (χ3v) is 6.25. The zero-order valence-corrected chi connectivity index (χ0v) is 15.6. The molecule has 116 valence electrons. The van der Waals surface area contributed by atoms with Gasteiger partial charge in [0.2, 0.25) is 0 Å². The molecule has 0 fully saturated rings. The molecule has 1 heterocycles. The van der Waals surface area contributed by atoms with Crippen molar-refractivity contribution in [3.05, 3.63) is 19.8 Å². The Morgan fingerprint density at radius 3 is 2.15 bits per heavy atom. The zero-order chi connectivity index (χ0) is 14.8. The van der Waals surface area contributed by atoms with Crippen LogP contribution in [-0.2, 0) is 0 Å². The van der Waals surface area contributed by atoms with E-state index in [0.717, 1.165) is 15.2 Å². The largest absolute Gasteiger partial charge is 0.323 e. The van der Waals surface area contributed by atoms with Crippen LogP contribution in [0.4, 0.5) is 0 Å². The predicted octanol–water partition coefficient (Wildman–Crippen LogP) is 7.08. The van der Waals surface area contributed by atoms with Crippen molar-refractivity contribution in [2.45, 2.75) is 77.2 Å². The van der Waals surface area contributed by atoms with Crippen LogP contribution in [0.25, 0.3) is 0 Å². The summed E-state index contributed by atoms with van der Waals surface area (Å²) < 4.78 is 0.997. The quantitative estimate of drug-likeness (QED) is 0.407. The zero-order valence-electron chi connectivity index (χ0n) is 12.5. The van der Waals surface area contributed by atoms with Crippen LogP contribution >= 0.6 is 38.9 Å². The molecule has 1 aromatic heterocycles. The van der Waals surface area contributed by atoms with Crippen molar-refractivity contribution >= 4 is 38.9 Å². The fraction of sp³-hybridized carbons (Fsp3) is 0.750. The van der Waals surface area contributed by atoms with Gasteiger partial charge >= 0.3 is 0 Å². The van der Waals surface area contributed by atoms with E-state index in [1.807, 2.05) is 6.07 Å². The van der Waals surface area contributed by atoms with Crippen LogP contribution in [0.3, 0.4) is 0 Å². The minimum absolute atomic E-state index is 0.147. The highest BCUT2D eigenvalue weighted by Gasteiger charge is 2.11. The summed E-state index contributed by atoms with van der Waals surface area (Å²) in [5.41, 5.74) is 6.20. The van der Waals surface area contributed by atoms with Crippen molar-refractivity contribution < 1.29 is 0 Å². The molecule has 20 heavy (non-hydrogen) atoms. The molecule has 1 nitrogen and oxygen atoms in total. The Morgan fingerprint density at radius 1 is 1.10 bits per heavy atom. The lowest BCUT2D eigenvalue weighted by Gasteiger charge is -2.09. The van der Waals surface area contributed by atoms with Gasteiger partial charge in [0, 0.05) is 10.9 Å². The predicted molar refractivity (Wildman–Crippen MR) is 95.8 cm³/mol. The maximum absolute atomic E-state index is 6.20. The summed E-state index contributed by atoms with van der Waals surface area (Å²) in [7, 11) is 0. The van der Waals surface area contributed by atoms with E-state index in [1.54, 1.807) is 11.3 Å². The Bertz CT molecular complexity index is 348. The number of hydrogen-bond donors (Lipinski definition) is 1. The number of rotatable bonds is 11. The van der Waals surface area contributed by atoms with E-state index < -0.39 is 0 Å². The Hall–Kier alpha value is 0.430. The van der Waals surface area contributed by atoms with Gasteiger partial charge in [-0.2, -0.15) is 0 Å². The molecule has 0 saturated carbocycles. The summed E-state index contributed by atoms with van der Waals surface area (Å²) in [6, 6.07) is 2.14.